The van der Waals surface area contributed by atoms with Crippen LogP contribution in [0.4, 0.5) is 13.8 Å². The van der Waals surface area contributed by atoms with Gasteiger partial charge in [0.25, 0.3) is 12.3 Å². The third-order valence-electron chi connectivity index (χ3n) is 3.09. The first kappa shape index (κ1) is 17.2. The Kier molecular flexibility index (Phi) is 4.89. The number of hydrogen-bond donors (Lipinski definition) is 1. The molecule has 1 N–H and O–H groups in total. The number of carbonyl (C=O) groups is 2. The lowest BCUT2D eigenvalue weighted by Gasteiger charge is -2.17. The fourth-order valence-electron chi connectivity index (χ4n) is 1.83. The maximum Gasteiger partial charge on any atom is 0.280 e. The van der Waals surface area contributed by atoms with Crippen LogP contribution >= 0.6 is 11.3 Å². The zero-order chi connectivity index (χ0) is 17.2. The summed E-state index contributed by atoms with van der Waals surface area (Å²) in [5.41, 5.74) is -0.368. The van der Waals surface area contributed by atoms with Crippen molar-refractivity contribution >= 4 is 28.0 Å². The van der Waals surface area contributed by atoms with Gasteiger partial charge in [-0.05, 0) is 23.6 Å². The number of Topliss-reactive ketones (excluding diaryl/α,β-unsaturated/α-hetero) is 1. The van der Waals surface area contributed by atoms with Crippen LogP contribution in [-0.2, 0) is 0 Å². The minimum Gasteiger partial charge on any atom is -0.313 e. The monoisotopic (exact) mass is 338 g/mol. The molecule has 1 amide bonds. The molecule has 0 aliphatic rings. The van der Waals surface area contributed by atoms with Gasteiger partial charge in [0.1, 0.15) is 10.7 Å². The maximum absolute atomic E-state index is 12.5. The second kappa shape index (κ2) is 6.54. The molecule has 0 aromatic carbocycles. The molecule has 2 heterocycles. The molecule has 0 spiro atoms. The summed E-state index contributed by atoms with van der Waals surface area (Å²) < 4.78 is 24.9. The third-order valence-corrected chi connectivity index (χ3v) is 3.92. The van der Waals surface area contributed by atoms with Gasteiger partial charge in [0.2, 0.25) is 0 Å². The van der Waals surface area contributed by atoms with Crippen molar-refractivity contribution in [1.82, 2.24) is 4.98 Å². The Morgan fingerprint density at radius 1 is 1.22 bits per heavy atom. The van der Waals surface area contributed by atoms with Crippen molar-refractivity contribution in [1.29, 1.82) is 0 Å². The molecule has 0 saturated heterocycles. The van der Waals surface area contributed by atoms with Crippen LogP contribution in [-0.4, -0.2) is 16.7 Å². The molecular weight excluding hydrogens is 322 g/mol. The van der Waals surface area contributed by atoms with Gasteiger partial charge in [-0.25, -0.2) is 8.78 Å². The van der Waals surface area contributed by atoms with E-state index in [4.69, 9.17) is 0 Å². The van der Waals surface area contributed by atoms with Gasteiger partial charge >= 0.3 is 0 Å². The number of amides is 1. The van der Waals surface area contributed by atoms with E-state index in [1.165, 1.54) is 17.4 Å². The Labute approximate surface area is 136 Å². The average Bonchev–Trinajstić information content (AvgIpc) is 2.93. The first-order valence-electron chi connectivity index (χ1n) is 6.88. The molecular formula is C16H16F2N2O2S. The highest BCUT2D eigenvalue weighted by Gasteiger charge is 2.26. The van der Waals surface area contributed by atoms with E-state index in [1.807, 2.05) is 0 Å². The average molecular weight is 338 g/mol. The summed E-state index contributed by atoms with van der Waals surface area (Å²) in [4.78, 5) is 28.1. The number of pyridine rings is 1. The molecule has 0 radical (unpaired) electrons. The van der Waals surface area contributed by atoms with Crippen LogP contribution in [0, 0.1) is 5.41 Å². The minimum atomic E-state index is -2.68. The van der Waals surface area contributed by atoms with E-state index < -0.39 is 17.7 Å². The molecule has 4 nitrogen and oxygen atoms in total. The van der Waals surface area contributed by atoms with Gasteiger partial charge < -0.3 is 5.32 Å². The summed E-state index contributed by atoms with van der Waals surface area (Å²) in [5, 5.41) is 4.79. The third kappa shape index (κ3) is 3.98. The van der Waals surface area contributed by atoms with Crippen molar-refractivity contribution in [3.05, 3.63) is 46.6 Å². The molecule has 2 aromatic rings. The van der Waals surface area contributed by atoms with Gasteiger partial charge in [0.05, 0.1) is 11.1 Å². The number of aromatic nitrogens is 1. The molecule has 0 bridgehead atoms. The molecule has 0 atom stereocenters. The Balaban J connectivity index is 2.18. The van der Waals surface area contributed by atoms with Crippen LogP contribution in [0.25, 0.3) is 0 Å². The Morgan fingerprint density at radius 3 is 2.43 bits per heavy atom. The number of halogens is 2. The molecule has 23 heavy (non-hydrogen) atoms. The highest BCUT2D eigenvalue weighted by Crippen LogP contribution is 2.30. The van der Waals surface area contributed by atoms with E-state index in [2.05, 4.69) is 10.3 Å². The first-order chi connectivity index (χ1) is 10.7. The number of rotatable bonds is 4. The predicted octanol–water partition coefficient (Wildman–Crippen LogP) is 4.56. The summed E-state index contributed by atoms with van der Waals surface area (Å²) in [6.07, 6.45) is -1.59. The van der Waals surface area contributed by atoms with Crippen molar-refractivity contribution in [2.75, 3.05) is 5.32 Å². The fraction of sp³-hybridized carbons (Fsp3) is 0.312. The van der Waals surface area contributed by atoms with Crippen molar-refractivity contribution in [3.63, 3.8) is 0 Å². The van der Waals surface area contributed by atoms with E-state index >= 15 is 0 Å². The highest BCUT2D eigenvalue weighted by atomic mass is 32.1. The second-order valence-corrected chi connectivity index (χ2v) is 6.89. The van der Waals surface area contributed by atoms with E-state index in [9.17, 15) is 18.4 Å². The minimum absolute atomic E-state index is 0.0831. The van der Waals surface area contributed by atoms with Gasteiger partial charge in [-0.15, -0.1) is 11.3 Å². The number of alkyl halides is 2. The Morgan fingerprint density at radius 2 is 1.91 bits per heavy atom. The summed E-state index contributed by atoms with van der Waals surface area (Å²) in [7, 11) is 0. The number of carbonyl (C=O) groups excluding carboxylic acids is 2. The van der Waals surface area contributed by atoms with Gasteiger partial charge in [-0.3, -0.25) is 14.6 Å². The quantitative estimate of drug-likeness (QED) is 0.831. The molecule has 0 fully saturated rings. The van der Waals surface area contributed by atoms with Gasteiger partial charge in [-0.2, -0.15) is 0 Å². The zero-order valence-corrected chi connectivity index (χ0v) is 13.7. The lowest BCUT2D eigenvalue weighted by molar-refractivity contribution is 0.0859. The normalized spacial score (nSPS) is 11.6. The summed E-state index contributed by atoms with van der Waals surface area (Å²) >= 11 is 1.23. The van der Waals surface area contributed by atoms with Crippen LogP contribution in [0.3, 0.4) is 0 Å². The van der Waals surface area contributed by atoms with Crippen molar-refractivity contribution in [2.45, 2.75) is 27.2 Å². The number of anilines is 1. The van der Waals surface area contributed by atoms with Gasteiger partial charge in [-0.1, -0.05) is 20.8 Å². The lowest BCUT2D eigenvalue weighted by Crippen LogP contribution is -2.21. The SMILES string of the molecule is CC(C)(C)C(=O)c1ccsc1NC(=O)c1ccc(C(F)F)nc1. The highest BCUT2D eigenvalue weighted by molar-refractivity contribution is 7.14. The van der Waals surface area contributed by atoms with E-state index in [-0.39, 0.29) is 17.0 Å². The van der Waals surface area contributed by atoms with E-state index in [1.54, 1.807) is 32.2 Å². The Hall–Kier alpha value is -2.15. The summed E-state index contributed by atoms with van der Waals surface area (Å²) in [6.45, 7) is 5.39. The topological polar surface area (TPSA) is 59.1 Å². The lowest BCUT2D eigenvalue weighted by atomic mass is 9.87. The molecule has 0 aliphatic carbocycles. The Bertz CT molecular complexity index is 718. The van der Waals surface area contributed by atoms with Crippen molar-refractivity contribution < 1.29 is 18.4 Å². The summed E-state index contributed by atoms with van der Waals surface area (Å²) in [5.74, 6) is -0.580. The maximum atomic E-state index is 12.5. The van der Waals surface area contributed by atoms with Crippen LogP contribution in [0.15, 0.2) is 29.8 Å². The second-order valence-electron chi connectivity index (χ2n) is 5.97. The zero-order valence-electron chi connectivity index (χ0n) is 12.9. The van der Waals surface area contributed by atoms with Gasteiger partial charge in [0, 0.05) is 11.6 Å². The van der Waals surface area contributed by atoms with Crippen LogP contribution in [0.2, 0.25) is 0 Å². The number of thiophene rings is 1. The van der Waals surface area contributed by atoms with Crippen LogP contribution in [0.5, 0.6) is 0 Å². The van der Waals surface area contributed by atoms with Crippen molar-refractivity contribution in [3.8, 4) is 0 Å². The summed E-state index contributed by atoms with van der Waals surface area (Å²) in [6, 6.07) is 4.05. The molecule has 2 aromatic heterocycles. The van der Waals surface area contributed by atoms with Crippen LogP contribution in [0.1, 0.15) is 53.6 Å². The molecule has 0 saturated carbocycles. The molecule has 0 unspecified atom stereocenters. The fourth-order valence-corrected chi connectivity index (χ4v) is 2.61. The van der Waals surface area contributed by atoms with Gasteiger partial charge in [0.15, 0.2) is 5.78 Å². The molecule has 122 valence electrons. The number of hydrogen-bond acceptors (Lipinski definition) is 4. The molecule has 2 rings (SSSR count). The molecule has 7 heteroatoms. The molecule has 0 aliphatic heterocycles. The number of nitrogens with zero attached hydrogens (tertiary/aromatic N) is 1. The predicted molar refractivity (Wildman–Crippen MR) is 85.3 cm³/mol. The number of ketones is 1. The smallest absolute Gasteiger partial charge is 0.280 e. The number of nitrogens with one attached hydrogen (secondary N) is 1. The van der Waals surface area contributed by atoms with E-state index in [0.717, 1.165) is 12.3 Å². The largest absolute Gasteiger partial charge is 0.313 e. The van der Waals surface area contributed by atoms with Crippen LogP contribution < -0.4 is 5.32 Å². The van der Waals surface area contributed by atoms with Crippen molar-refractivity contribution in [2.24, 2.45) is 5.41 Å². The standard InChI is InChI=1S/C16H16F2N2O2S/c1-16(2,3)12(21)10-6-7-23-15(10)20-14(22)9-4-5-11(13(17)18)19-8-9/h4-8,13H,1-3H3,(H,20,22). The van der Waals surface area contributed by atoms with E-state index in [0.29, 0.717) is 10.6 Å². The first-order valence-corrected chi connectivity index (χ1v) is 7.76.